The predicted molar refractivity (Wildman–Crippen MR) is 85.9 cm³/mol. The normalized spacial score (nSPS) is 19.5. The van der Waals surface area contributed by atoms with E-state index in [1.165, 1.54) is 0 Å². The van der Waals surface area contributed by atoms with Crippen molar-refractivity contribution in [3.8, 4) is 11.1 Å². The van der Waals surface area contributed by atoms with Crippen LogP contribution < -0.4 is 11.5 Å². The third kappa shape index (κ3) is 2.41. The molecule has 2 aromatic rings. The number of nitrogens with two attached hydrogens (primary N) is 2. The fourth-order valence-electron chi connectivity index (χ4n) is 2.89. The lowest BCUT2D eigenvalue weighted by atomic mass is 9.78. The van der Waals surface area contributed by atoms with Gasteiger partial charge in [-0.2, -0.15) is 4.99 Å². The molecule has 0 saturated heterocycles. The number of fused-ring (bicyclic) bond motifs is 1. The molecule has 0 radical (unpaired) electrons. The van der Waals surface area contributed by atoms with E-state index in [2.05, 4.69) is 4.99 Å². The Morgan fingerprint density at radius 2 is 2.09 bits per heavy atom. The van der Waals surface area contributed by atoms with E-state index < -0.39 is 0 Å². The minimum Gasteiger partial charge on any atom is -0.472 e. The van der Waals surface area contributed by atoms with Gasteiger partial charge in [-0.3, -0.25) is 4.79 Å². The van der Waals surface area contributed by atoms with E-state index in [9.17, 15) is 4.79 Å². The second-order valence-electron chi connectivity index (χ2n) is 5.37. The summed E-state index contributed by atoms with van der Waals surface area (Å²) in [5.41, 5.74) is 14.9. The molecule has 5 nitrogen and oxygen atoms in total. The average molecular weight is 295 g/mol. The molecule has 112 valence electrons. The third-order valence-corrected chi connectivity index (χ3v) is 4.00. The molecule has 1 aliphatic carbocycles. The average Bonchev–Trinajstić information content (AvgIpc) is 3.00. The number of hydrogen-bond donors (Lipinski definition) is 2. The number of furan rings is 1. The van der Waals surface area contributed by atoms with Gasteiger partial charge in [0.1, 0.15) is 0 Å². The molecule has 0 saturated carbocycles. The molecule has 2 unspecified atom stereocenters. The summed E-state index contributed by atoms with van der Waals surface area (Å²) in [5.74, 6) is -0.872. The minimum atomic E-state index is -0.353. The summed E-state index contributed by atoms with van der Waals surface area (Å²) in [5, 5.41) is 0. The van der Waals surface area contributed by atoms with Crippen LogP contribution in [0.2, 0.25) is 0 Å². The number of rotatable bonds is 2. The molecule has 0 bridgehead atoms. The Labute approximate surface area is 128 Å². The van der Waals surface area contributed by atoms with Gasteiger partial charge in [0.05, 0.1) is 18.4 Å². The highest BCUT2D eigenvalue weighted by Crippen LogP contribution is 2.39. The second kappa shape index (κ2) is 5.52. The number of hydrogen-bond acceptors (Lipinski definition) is 2. The van der Waals surface area contributed by atoms with Gasteiger partial charge < -0.3 is 15.9 Å². The van der Waals surface area contributed by atoms with Crippen molar-refractivity contribution < 1.29 is 9.21 Å². The first-order chi connectivity index (χ1) is 10.6. The van der Waals surface area contributed by atoms with Gasteiger partial charge in [0.2, 0.25) is 0 Å². The number of amides is 1. The van der Waals surface area contributed by atoms with Crippen molar-refractivity contribution >= 4 is 17.9 Å². The fourth-order valence-corrected chi connectivity index (χ4v) is 2.89. The maximum Gasteiger partial charge on any atom is 0.256 e. The molecule has 3 rings (SSSR count). The Morgan fingerprint density at radius 1 is 1.27 bits per heavy atom. The quantitative estimate of drug-likeness (QED) is 0.657. The molecular formula is C17H17N3O2. The van der Waals surface area contributed by atoms with E-state index in [0.29, 0.717) is 0 Å². The van der Waals surface area contributed by atoms with Gasteiger partial charge in [0, 0.05) is 5.56 Å². The summed E-state index contributed by atoms with van der Waals surface area (Å²) < 4.78 is 5.17. The Bertz CT molecular complexity index is 756. The van der Waals surface area contributed by atoms with Gasteiger partial charge in [0.25, 0.3) is 5.91 Å². The number of aliphatic imine (C=N–C) groups is 1. The van der Waals surface area contributed by atoms with Crippen molar-refractivity contribution in [2.45, 2.75) is 12.8 Å². The van der Waals surface area contributed by atoms with E-state index in [1.807, 2.05) is 43.3 Å². The maximum atomic E-state index is 12.1. The maximum absolute atomic E-state index is 12.1. The van der Waals surface area contributed by atoms with Gasteiger partial charge in [-0.25, -0.2) is 0 Å². The van der Waals surface area contributed by atoms with Crippen LogP contribution in [-0.2, 0) is 4.79 Å². The van der Waals surface area contributed by atoms with Gasteiger partial charge >= 0.3 is 0 Å². The molecule has 1 heterocycles. The van der Waals surface area contributed by atoms with Crippen molar-refractivity contribution in [3.05, 3.63) is 54.0 Å². The van der Waals surface area contributed by atoms with Crippen molar-refractivity contribution in [3.63, 3.8) is 0 Å². The van der Waals surface area contributed by atoms with Crippen molar-refractivity contribution in [1.29, 1.82) is 0 Å². The molecule has 4 N–H and O–H groups in total. The lowest BCUT2D eigenvalue weighted by Gasteiger charge is -2.26. The van der Waals surface area contributed by atoms with Crippen LogP contribution >= 0.6 is 0 Å². The van der Waals surface area contributed by atoms with Gasteiger partial charge in [-0.15, -0.1) is 0 Å². The van der Waals surface area contributed by atoms with Gasteiger partial charge in [-0.05, 0) is 28.7 Å². The Balaban J connectivity index is 2.03. The Hall–Kier alpha value is -2.82. The van der Waals surface area contributed by atoms with Crippen LogP contribution in [0.25, 0.3) is 17.2 Å². The number of benzene rings is 1. The van der Waals surface area contributed by atoms with Crippen LogP contribution in [0, 0.1) is 5.92 Å². The first-order valence-electron chi connectivity index (χ1n) is 7.05. The smallest absolute Gasteiger partial charge is 0.256 e. The summed E-state index contributed by atoms with van der Waals surface area (Å²) in [7, 11) is 0. The SMILES string of the molecule is CC1c2cccc(-c3ccoc3)c2C=CC1C(=O)N=C(N)N. The molecule has 2 atom stereocenters. The molecule has 22 heavy (non-hydrogen) atoms. The summed E-state index contributed by atoms with van der Waals surface area (Å²) in [6.45, 7) is 2.01. The molecule has 1 aliphatic rings. The lowest BCUT2D eigenvalue weighted by Crippen LogP contribution is -2.28. The van der Waals surface area contributed by atoms with E-state index in [1.54, 1.807) is 12.5 Å². The summed E-state index contributed by atoms with van der Waals surface area (Å²) >= 11 is 0. The van der Waals surface area contributed by atoms with Crippen LogP contribution in [0.15, 0.2) is 52.3 Å². The minimum absolute atomic E-state index is 0.00227. The van der Waals surface area contributed by atoms with E-state index in [0.717, 1.165) is 22.3 Å². The lowest BCUT2D eigenvalue weighted by molar-refractivity contribution is -0.120. The van der Waals surface area contributed by atoms with E-state index in [4.69, 9.17) is 15.9 Å². The highest BCUT2D eigenvalue weighted by atomic mass is 16.3. The van der Waals surface area contributed by atoms with Crippen LogP contribution in [0.3, 0.4) is 0 Å². The first kappa shape index (κ1) is 14.1. The number of guanidine groups is 1. The highest BCUT2D eigenvalue weighted by Gasteiger charge is 2.29. The zero-order chi connectivity index (χ0) is 15.7. The molecule has 1 aromatic carbocycles. The molecule has 0 spiro atoms. The highest BCUT2D eigenvalue weighted by molar-refractivity contribution is 5.95. The summed E-state index contributed by atoms with van der Waals surface area (Å²) in [6.07, 6.45) is 7.19. The molecule has 0 aliphatic heterocycles. The third-order valence-electron chi connectivity index (χ3n) is 4.00. The predicted octanol–water partition coefficient (Wildman–Crippen LogP) is 2.49. The van der Waals surface area contributed by atoms with Crippen molar-refractivity contribution in [2.75, 3.05) is 0 Å². The molecule has 1 amide bonds. The number of carbonyl (C=O) groups excluding carboxylic acids is 1. The van der Waals surface area contributed by atoms with Crippen molar-refractivity contribution in [1.82, 2.24) is 0 Å². The van der Waals surface area contributed by atoms with E-state index >= 15 is 0 Å². The Morgan fingerprint density at radius 3 is 2.77 bits per heavy atom. The monoisotopic (exact) mass is 295 g/mol. The zero-order valence-corrected chi connectivity index (χ0v) is 12.2. The van der Waals surface area contributed by atoms with Crippen LogP contribution in [0.5, 0.6) is 0 Å². The number of nitrogens with zero attached hydrogens (tertiary/aromatic N) is 1. The second-order valence-corrected chi connectivity index (χ2v) is 5.37. The van der Waals surface area contributed by atoms with E-state index in [-0.39, 0.29) is 23.7 Å². The zero-order valence-electron chi connectivity index (χ0n) is 12.2. The summed E-state index contributed by atoms with van der Waals surface area (Å²) in [6, 6.07) is 7.98. The first-order valence-corrected chi connectivity index (χ1v) is 7.05. The fraction of sp³-hybridized carbons (Fsp3) is 0.176. The van der Waals surface area contributed by atoms with Crippen LogP contribution in [-0.4, -0.2) is 11.9 Å². The van der Waals surface area contributed by atoms with Crippen LogP contribution in [0.4, 0.5) is 0 Å². The Kier molecular flexibility index (Phi) is 3.55. The van der Waals surface area contributed by atoms with Gasteiger partial charge in [-0.1, -0.05) is 37.3 Å². The largest absolute Gasteiger partial charge is 0.472 e. The number of carbonyl (C=O) groups is 1. The van der Waals surface area contributed by atoms with Crippen molar-refractivity contribution in [2.24, 2.45) is 22.4 Å². The van der Waals surface area contributed by atoms with Crippen LogP contribution in [0.1, 0.15) is 24.0 Å². The molecular weight excluding hydrogens is 278 g/mol. The topological polar surface area (TPSA) is 94.6 Å². The molecule has 1 aromatic heterocycles. The molecule has 0 fully saturated rings. The molecule has 5 heteroatoms. The van der Waals surface area contributed by atoms with Gasteiger partial charge in [0.15, 0.2) is 5.96 Å². The standard InChI is InChI=1S/C17H17N3O2/c1-10-12-3-2-4-14(11-7-8-22-9-11)15(12)6-5-13(10)16(21)20-17(18)19/h2-10,13H,1H3,(H4,18,19,20,21). The summed E-state index contributed by atoms with van der Waals surface area (Å²) in [4.78, 5) is 15.8.